The van der Waals surface area contributed by atoms with Crippen LogP contribution in [0.5, 0.6) is 5.75 Å². The topological polar surface area (TPSA) is 64.4 Å². The van der Waals surface area contributed by atoms with Crippen molar-refractivity contribution in [3.05, 3.63) is 48.0 Å². The first-order valence-corrected chi connectivity index (χ1v) is 8.04. The van der Waals surface area contributed by atoms with Gasteiger partial charge < -0.3 is 14.2 Å². The second-order valence-electron chi connectivity index (χ2n) is 6.08. The third kappa shape index (κ3) is 3.32. The Morgan fingerprint density at radius 2 is 1.83 bits per heavy atom. The third-order valence-corrected chi connectivity index (χ3v) is 4.45. The Morgan fingerprint density at radius 3 is 2.38 bits per heavy atom. The molecule has 1 aromatic heterocycles. The van der Waals surface area contributed by atoms with E-state index in [1.54, 1.807) is 53.4 Å². The summed E-state index contributed by atoms with van der Waals surface area (Å²) in [6, 6.07) is 7.19. The van der Waals surface area contributed by atoms with Crippen molar-refractivity contribution < 1.29 is 14.3 Å². The molecule has 1 aliphatic heterocycles. The fourth-order valence-corrected chi connectivity index (χ4v) is 3.02. The van der Waals surface area contributed by atoms with E-state index in [0.717, 1.165) is 5.75 Å². The van der Waals surface area contributed by atoms with E-state index >= 15 is 0 Å². The van der Waals surface area contributed by atoms with Crippen LogP contribution in [0.25, 0.3) is 0 Å². The second-order valence-corrected chi connectivity index (χ2v) is 6.08. The highest BCUT2D eigenvalue weighted by Crippen LogP contribution is 2.23. The van der Waals surface area contributed by atoms with E-state index in [-0.39, 0.29) is 17.6 Å². The first-order valence-electron chi connectivity index (χ1n) is 8.04. The van der Waals surface area contributed by atoms with Crippen LogP contribution >= 0.6 is 0 Å². The SMILES string of the molecule is COc1ccc(C(=O)C2CCN(C(=O)c3cn(C)cn3)CC2)cc1. The fourth-order valence-electron chi connectivity index (χ4n) is 3.02. The van der Waals surface area contributed by atoms with Crippen LogP contribution in [0.3, 0.4) is 0 Å². The third-order valence-electron chi connectivity index (χ3n) is 4.45. The second kappa shape index (κ2) is 6.86. The number of nitrogens with zero attached hydrogens (tertiary/aromatic N) is 3. The van der Waals surface area contributed by atoms with Crippen molar-refractivity contribution in [3.8, 4) is 5.75 Å². The minimum atomic E-state index is -0.0639. The molecule has 0 spiro atoms. The largest absolute Gasteiger partial charge is 0.497 e. The molecule has 1 aliphatic rings. The highest BCUT2D eigenvalue weighted by atomic mass is 16.5. The van der Waals surface area contributed by atoms with E-state index in [4.69, 9.17) is 4.74 Å². The summed E-state index contributed by atoms with van der Waals surface area (Å²) in [6.45, 7) is 1.17. The maximum atomic E-state index is 12.6. The molecule has 126 valence electrons. The number of ketones is 1. The standard InChI is InChI=1S/C18H21N3O3/c1-20-11-16(19-12-20)18(23)21-9-7-14(8-10-21)17(22)13-3-5-15(24-2)6-4-13/h3-6,11-12,14H,7-10H2,1-2H3. The number of hydrogen-bond acceptors (Lipinski definition) is 4. The molecule has 6 nitrogen and oxygen atoms in total. The number of piperidine rings is 1. The summed E-state index contributed by atoms with van der Waals surface area (Å²) >= 11 is 0. The van der Waals surface area contributed by atoms with Gasteiger partial charge in [0.25, 0.3) is 5.91 Å². The quantitative estimate of drug-likeness (QED) is 0.807. The van der Waals surface area contributed by atoms with E-state index < -0.39 is 0 Å². The molecule has 0 unspecified atom stereocenters. The van der Waals surface area contributed by atoms with Crippen molar-refractivity contribution in [1.29, 1.82) is 0 Å². The summed E-state index contributed by atoms with van der Waals surface area (Å²) in [4.78, 5) is 30.9. The number of aryl methyl sites for hydroxylation is 1. The van der Waals surface area contributed by atoms with E-state index in [2.05, 4.69) is 4.98 Å². The average molecular weight is 327 g/mol. The van der Waals surface area contributed by atoms with Gasteiger partial charge in [-0.1, -0.05) is 0 Å². The van der Waals surface area contributed by atoms with Crippen molar-refractivity contribution in [3.63, 3.8) is 0 Å². The fraction of sp³-hybridized carbons (Fsp3) is 0.389. The summed E-state index contributed by atoms with van der Waals surface area (Å²) in [6.07, 6.45) is 4.71. The number of rotatable bonds is 4. The molecule has 0 atom stereocenters. The van der Waals surface area contributed by atoms with Crippen LogP contribution in [-0.2, 0) is 7.05 Å². The lowest BCUT2D eigenvalue weighted by atomic mass is 9.89. The monoisotopic (exact) mass is 327 g/mol. The van der Waals surface area contributed by atoms with E-state index in [0.29, 0.717) is 37.2 Å². The number of ether oxygens (including phenoxy) is 1. The Labute approximate surface area is 141 Å². The molecule has 2 aromatic rings. The first kappa shape index (κ1) is 16.2. The maximum absolute atomic E-state index is 12.6. The van der Waals surface area contributed by atoms with Crippen LogP contribution in [0.1, 0.15) is 33.7 Å². The van der Waals surface area contributed by atoms with Crippen molar-refractivity contribution in [2.24, 2.45) is 13.0 Å². The molecule has 0 aliphatic carbocycles. The highest BCUT2D eigenvalue weighted by molar-refractivity contribution is 5.98. The molecule has 1 aromatic carbocycles. The molecule has 1 amide bonds. The van der Waals surface area contributed by atoms with Crippen LogP contribution < -0.4 is 4.74 Å². The minimum absolute atomic E-state index is 0.0359. The number of aromatic nitrogens is 2. The lowest BCUT2D eigenvalue weighted by molar-refractivity contribution is 0.0646. The minimum Gasteiger partial charge on any atom is -0.497 e. The van der Waals surface area contributed by atoms with Gasteiger partial charge in [0, 0.05) is 37.8 Å². The lowest BCUT2D eigenvalue weighted by Crippen LogP contribution is -2.40. The number of likely N-dealkylation sites (tertiary alicyclic amines) is 1. The Kier molecular flexibility index (Phi) is 4.64. The van der Waals surface area contributed by atoms with Gasteiger partial charge >= 0.3 is 0 Å². The summed E-state index contributed by atoms with van der Waals surface area (Å²) in [5.74, 6) is 0.780. The van der Waals surface area contributed by atoms with Crippen LogP contribution in [0.4, 0.5) is 0 Å². The number of methoxy groups -OCH3 is 1. The Bertz CT molecular complexity index is 728. The zero-order valence-corrected chi connectivity index (χ0v) is 13.9. The summed E-state index contributed by atoms with van der Waals surface area (Å²) in [5, 5.41) is 0. The van der Waals surface area contributed by atoms with Crippen molar-refractivity contribution in [2.75, 3.05) is 20.2 Å². The van der Waals surface area contributed by atoms with Gasteiger partial charge in [0.15, 0.2) is 5.78 Å². The van der Waals surface area contributed by atoms with Gasteiger partial charge in [-0.3, -0.25) is 9.59 Å². The molecule has 1 fully saturated rings. The predicted molar refractivity (Wildman–Crippen MR) is 89.2 cm³/mol. The van der Waals surface area contributed by atoms with Crippen LogP contribution in [-0.4, -0.2) is 46.3 Å². The molecule has 0 saturated carbocycles. The van der Waals surface area contributed by atoms with Crippen molar-refractivity contribution in [2.45, 2.75) is 12.8 Å². The maximum Gasteiger partial charge on any atom is 0.274 e. The Morgan fingerprint density at radius 1 is 1.17 bits per heavy atom. The summed E-state index contributed by atoms with van der Waals surface area (Å²) in [7, 11) is 3.44. The van der Waals surface area contributed by atoms with Crippen LogP contribution in [0.2, 0.25) is 0 Å². The van der Waals surface area contributed by atoms with Gasteiger partial charge in [-0.05, 0) is 37.1 Å². The van der Waals surface area contributed by atoms with Crippen molar-refractivity contribution >= 4 is 11.7 Å². The van der Waals surface area contributed by atoms with Crippen molar-refractivity contribution in [1.82, 2.24) is 14.5 Å². The molecule has 0 bridgehead atoms. The van der Waals surface area contributed by atoms with E-state index in [1.165, 1.54) is 0 Å². The van der Waals surface area contributed by atoms with Crippen LogP contribution in [0.15, 0.2) is 36.8 Å². The smallest absolute Gasteiger partial charge is 0.274 e. The first-order chi connectivity index (χ1) is 11.6. The summed E-state index contributed by atoms with van der Waals surface area (Å²) in [5.41, 5.74) is 1.16. The van der Waals surface area contributed by atoms with Gasteiger partial charge in [0.2, 0.25) is 0 Å². The van der Waals surface area contributed by atoms with E-state index in [9.17, 15) is 9.59 Å². The van der Waals surface area contributed by atoms with Gasteiger partial charge in [-0.2, -0.15) is 0 Å². The summed E-state index contributed by atoms with van der Waals surface area (Å²) < 4.78 is 6.87. The molecule has 3 rings (SSSR count). The average Bonchev–Trinajstić information content (AvgIpc) is 3.07. The number of hydrogen-bond donors (Lipinski definition) is 0. The lowest BCUT2D eigenvalue weighted by Gasteiger charge is -2.30. The molecular weight excluding hydrogens is 306 g/mol. The van der Waals surface area contributed by atoms with Gasteiger partial charge in [-0.25, -0.2) is 4.98 Å². The van der Waals surface area contributed by atoms with Gasteiger partial charge in [0.05, 0.1) is 13.4 Å². The number of Topliss-reactive ketones (excluding diaryl/α,β-unsaturated/α-hetero) is 1. The van der Waals surface area contributed by atoms with E-state index in [1.807, 2.05) is 7.05 Å². The number of carbonyl (C=O) groups excluding carboxylic acids is 2. The molecule has 0 N–H and O–H groups in total. The number of amides is 1. The highest BCUT2D eigenvalue weighted by Gasteiger charge is 2.29. The number of imidazole rings is 1. The normalized spacial score (nSPS) is 15.3. The van der Waals surface area contributed by atoms with Crippen LogP contribution in [0, 0.1) is 5.92 Å². The zero-order valence-electron chi connectivity index (χ0n) is 13.9. The number of carbonyl (C=O) groups is 2. The number of benzene rings is 1. The predicted octanol–water partition coefficient (Wildman–Crippen LogP) is 2.16. The Balaban J connectivity index is 1.59. The van der Waals surface area contributed by atoms with Gasteiger partial charge in [-0.15, -0.1) is 0 Å². The molecule has 0 radical (unpaired) electrons. The zero-order chi connectivity index (χ0) is 17.1. The molecule has 6 heteroatoms. The molecular formula is C18H21N3O3. The van der Waals surface area contributed by atoms with Gasteiger partial charge in [0.1, 0.15) is 11.4 Å². The Hall–Kier alpha value is -2.63. The molecule has 24 heavy (non-hydrogen) atoms. The molecule has 1 saturated heterocycles. The molecule has 2 heterocycles.